The van der Waals surface area contributed by atoms with Crippen LogP contribution in [0.5, 0.6) is 0 Å². The molecule has 128 valence electrons. The van der Waals surface area contributed by atoms with Gasteiger partial charge in [0.2, 0.25) is 5.91 Å². The fourth-order valence-corrected chi connectivity index (χ4v) is 7.76. The zero-order valence-electron chi connectivity index (χ0n) is 13.3. The Bertz CT molecular complexity index is 609. The number of thioether (sulfide) groups is 1. The van der Waals surface area contributed by atoms with E-state index >= 15 is 0 Å². The van der Waals surface area contributed by atoms with Gasteiger partial charge in [0, 0.05) is 18.2 Å². The maximum absolute atomic E-state index is 12.2. The average molecular weight is 357 g/mol. The van der Waals surface area contributed by atoms with Crippen molar-refractivity contribution in [1.82, 2.24) is 4.90 Å². The highest BCUT2D eigenvalue weighted by Crippen LogP contribution is 2.38. The van der Waals surface area contributed by atoms with Crippen molar-refractivity contribution in [3.63, 3.8) is 0 Å². The van der Waals surface area contributed by atoms with Crippen LogP contribution in [0.3, 0.4) is 0 Å². The summed E-state index contributed by atoms with van der Waals surface area (Å²) in [5.41, 5.74) is 0. The fourth-order valence-electron chi connectivity index (χ4n) is 3.78. The lowest BCUT2D eigenvalue weighted by Crippen LogP contribution is -2.37. The van der Waals surface area contributed by atoms with Gasteiger partial charge in [0.25, 0.3) is 0 Å². The summed E-state index contributed by atoms with van der Waals surface area (Å²) in [5.74, 6) is 0.958. The number of amidine groups is 1. The first-order valence-electron chi connectivity index (χ1n) is 8.34. The smallest absolute Gasteiger partial charge is 0.248 e. The summed E-state index contributed by atoms with van der Waals surface area (Å²) in [6, 6.07) is -0.0654. The first-order chi connectivity index (χ1) is 11.0. The van der Waals surface area contributed by atoms with Crippen LogP contribution in [0.15, 0.2) is 17.6 Å². The summed E-state index contributed by atoms with van der Waals surface area (Å²) in [5, 5.41) is 0.688. The lowest BCUT2D eigenvalue weighted by molar-refractivity contribution is -0.118. The van der Waals surface area contributed by atoms with Crippen molar-refractivity contribution < 1.29 is 13.2 Å². The first kappa shape index (κ1) is 17.0. The topological polar surface area (TPSA) is 66.8 Å². The minimum Gasteiger partial charge on any atom is -0.342 e. The highest BCUT2D eigenvalue weighted by atomic mass is 32.2. The minimum atomic E-state index is -2.97. The summed E-state index contributed by atoms with van der Waals surface area (Å²) in [4.78, 5) is 18.4. The van der Waals surface area contributed by atoms with Crippen molar-refractivity contribution in [3.8, 4) is 0 Å². The molecule has 3 fully saturated rings. The van der Waals surface area contributed by atoms with E-state index < -0.39 is 9.84 Å². The third-order valence-electron chi connectivity index (χ3n) is 4.96. The molecule has 0 aromatic carbocycles. The van der Waals surface area contributed by atoms with E-state index in [2.05, 4.69) is 11.6 Å². The molecule has 3 rings (SSSR count). The first-order valence-corrected chi connectivity index (χ1v) is 11.0. The largest absolute Gasteiger partial charge is 0.342 e. The molecule has 1 saturated carbocycles. The molecule has 23 heavy (non-hydrogen) atoms. The second kappa shape index (κ2) is 6.97. The van der Waals surface area contributed by atoms with Gasteiger partial charge in [0.15, 0.2) is 15.0 Å². The van der Waals surface area contributed by atoms with Gasteiger partial charge in [-0.1, -0.05) is 43.5 Å². The highest BCUT2D eigenvalue weighted by molar-refractivity contribution is 8.15. The van der Waals surface area contributed by atoms with Crippen LogP contribution in [0.2, 0.25) is 0 Å². The normalized spacial score (nSPS) is 31.7. The lowest BCUT2D eigenvalue weighted by Gasteiger charge is -2.22. The quantitative estimate of drug-likeness (QED) is 0.707. The monoisotopic (exact) mass is 356 g/mol. The highest BCUT2D eigenvalue weighted by Gasteiger charge is 2.48. The fraction of sp³-hybridized carbons (Fsp3) is 0.750. The molecule has 2 saturated heterocycles. The van der Waals surface area contributed by atoms with E-state index in [-0.39, 0.29) is 28.7 Å². The summed E-state index contributed by atoms with van der Waals surface area (Å²) in [6.45, 7) is 4.28. The molecule has 0 aromatic heterocycles. The average Bonchev–Trinajstić information content (AvgIpc) is 3.15. The van der Waals surface area contributed by atoms with Crippen LogP contribution in [0.1, 0.15) is 38.5 Å². The van der Waals surface area contributed by atoms with E-state index in [0.29, 0.717) is 24.1 Å². The van der Waals surface area contributed by atoms with Crippen molar-refractivity contribution in [1.29, 1.82) is 0 Å². The number of rotatable bonds is 5. The van der Waals surface area contributed by atoms with Gasteiger partial charge in [-0.2, -0.15) is 4.99 Å². The predicted molar refractivity (Wildman–Crippen MR) is 94.4 cm³/mol. The zero-order valence-corrected chi connectivity index (χ0v) is 14.9. The molecule has 2 heterocycles. The lowest BCUT2D eigenvalue weighted by atomic mass is 10.0. The van der Waals surface area contributed by atoms with E-state index in [1.807, 2.05) is 4.90 Å². The van der Waals surface area contributed by atoms with Crippen molar-refractivity contribution >= 4 is 32.7 Å². The van der Waals surface area contributed by atoms with Crippen molar-refractivity contribution in [2.75, 3.05) is 18.1 Å². The van der Waals surface area contributed by atoms with Gasteiger partial charge in [-0.15, -0.1) is 6.58 Å². The number of carbonyl (C=O) groups excluding carboxylic acids is 1. The van der Waals surface area contributed by atoms with Crippen molar-refractivity contribution in [2.24, 2.45) is 10.9 Å². The molecular weight excluding hydrogens is 332 g/mol. The number of hydrogen-bond donors (Lipinski definition) is 0. The summed E-state index contributed by atoms with van der Waals surface area (Å²) in [6.07, 6.45) is 8.23. The van der Waals surface area contributed by atoms with Crippen LogP contribution < -0.4 is 0 Å². The van der Waals surface area contributed by atoms with Gasteiger partial charge in [-0.05, 0) is 12.3 Å². The minimum absolute atomic E-state index is 0.00123. The van der Waals surface area contributed by atoms with E-state index in [9.17, 15) is 13.2 Å². The molecule has 0 aromatic rings. The van der Waals surface area contributed by atoms with Crippen LogP contribution in [0, 0.1) is 5.92 Å². The molecule has 2 aliphatic heterocycles. The van der Waals surface area contributed by atoms with E-state index in [1.165, 1.54) is 37.4 Å². The molecule has 0 N–H and O–H groups in total. The van der Waals surface area contributed by atoms with Gasteiger partial charge in [-0.3, -0.25) is 4.79 Å². The van der Waals surface area contributed by atoms with Crippen molar-refractivity contribution in [2.45, 2.75) is 49.8 Å². The van der Waals surface area contributed by atoms with Gasteiger partial charge < -0.3 is 4.90 Å². The maximum Gasteiger partial charge on any atom is 0.248 e. The zero-order chi connectivity index (χ0) is 16.4. The van der Waals surface area contributed by atoms with E-state index in [0.717, 1.165) is 6.42 Å². The van der Waals surface area contributed by atoms with E-state index in [1.54, 1.807) is 6.08 Å². The summed E-state index contributed by atoms with van der Waals surface area (Å²) in [7, 11) is -2.97. The number of fused-ring (bicyclic) bond motifs is 1. The predicted octanol–water partition coefficient (Wildman–Crippen LogP) is 2.24. The molecular formula is C16H24N2O3S2. The van der Waals surface area contributed by atoms with Crippen LogP contribution in [-0.2, 0) is 14.6 Å². The van der Waals surface area contributed by atoms with Gasteiger partial charge in [0.1, 0.15) is 0 Å². The number of carbonyl (C=O) groups is 1. The van der Waals surface area contributed by atoms with Crippen LogP contribution in [-0.4, -0.2) is 53.7 Å². The number of amides is 1. The van der Waals surface area contributed by atoms with Gasteiger partial charge in [0.05, 0.1) is 17.5 Å². The second-order valence-corrected chi connectivity index (χ2v) is 10.1. The Balaban J connectivity index is 1.63. The molecule has 3 aliphatic rings. The van der Waals surface area contributed by atoms with Crippen LogP contribution in [0.4, 0.5) is 0 Å². The van der Waals surface area contributed by atoms with Crippen molar-refractivity contribution in [3.05, 3.63) is 12.7 Å². The Hall–Kier alpha value is -0.820. The Morgan fingerprint density at radius 1 is 1.35 bits per heavy atom. The molecule has 0 radical (unpaired) electrons. The SMILES string of the molecule is C=CCN1C(=NC(=O)CCC2CCCC2)S[C@@H]2CS(=O)(=O)C[C@@H]21. The number of aliphatic imine (C=N–C) groups is 1. The Labute approximate surface area is 142 Å². The number of sulfone groups is 1. The molecule has 5 nitrogen and oxygen atoms in total. The van der Waals surface area contributed by atoms with E-state index in [4.69, 9.17) is 0 Å². The third-order valence-corrected chi connectivity index (χ3v) is 8.21. The molecule has 7 heteroatoms. The molecule has 0 bridgehead atoms. The van der Waals surface area contributed by atoms with Gasteiger partial charge >= 0.3 is 0 Å². The molecule has 1 amide bonds. The molecule has 1 aliphatic carbocycles. The number of hydrogen-bond acceptors (Lipinski definition) is 4. The standard InChI is InChI=1S/C16H24N2O3S2/c1-2-9-18-13-10-23(20,21)11-14(13)22-16(18)17-15(19)8-7-12-5-3-4-6-12/h2,12-14H,1,3-11H2/t13-,14+/m0/s1. The third kappa shape index (κ3) is 3.99. The molecule has 0 spiro atoms. The maximum atomic E-state index is 12.2. The second-order valence-electron chi connectivity index (χ2n) is 6.72. The Morgan fingerprint density at radius 2 is 2.09 bits per heavy atom. The summed E-state index contributed by atoms with van der Waals surface area (Å²) < 4.78 is 23.6. The van der Waals surface area contributed by atoms with Crippen LogP contribution in [0.25, 0.3) is 0 Å². The van der Waals surface area contributed by atoms with Gasteiger partial charge in [-0.25, -0.2) is 8.42 Å². The Kier molecular flexibility index (Phi) is 5.16. The van der Waals surface area contributed by atoms with Crippen LogP contribution >= 0.6 is 11.8 Å². The Morgan fingerprint density at radius 3 is 2.78 bits per heavy atom. The molecule has 0 unspecified atom stereocenters. The molecule has 2 atom stereocenters. The summed E-state index contributed by atoms with van der Waals surface area (Å²) >= 11 is 1.45. The number of nitrogens with zero attached hydrogens (tertiary/aromatic N) is 2.